The standard InChI is InChI=1S/C11H22N2O3/c1-3-12-5-4-11(15)13-6-9(2)16-10(7-13)8-14/h9-10,12,14H,3-8H2,1-2H3. The number of hydrogen-bond acceptors (Lipinski definition) is 4. The van der Waals surface area contributed by atoms with Gasteiger partial charge in [-0.25, -0.2) is 0 Å². The third-order valence-corrected chi connectivity index (χ3v) is 2.65. The fraction of sp³-hybridized carbons (Fsp3) is 0.909. The van der Waals surface area contributed by atoms with Crippen molar-refractivity contribution >= 4 is 5.91 Å². The third kappa shape index (κ3) is 4.08. The summed E-state index contributed by atoms with van der Waals surface area (Å²) in [7, 11) is 0. The van der Waals surface area contributed by atoms with Crippen LogP contribution in [0.1, 0.15) is 20.3 Å². The molecular formula is C11H22N2O3. The molecular weight excluding hydrogens is 208 g/mol. The molecule has 94 valence electrons. The predicted molar refractivity (Wildman–Crippen MR) is 61.2 cm³/mol. The number of morpholine rings is 1. The maximum atomic E-state index is 11.8. The number of aliphatic hydroxyl groups is 1. The molecule has 0 aliphatic carbocycles. The molecule has 0 aromatic carbocycles. The van der Waals surface area contributed by atoms with Gasteiger partial charge in [0.15, 0.2) is 0 Å². The average molecular weight is 230 g/mol. The van der Waals surface area contributed by atoms with Gasteiger partial charge in [0.2, 0.25) is 5.91 Å². The highest BCUT2D eigenvalue weighted by Gasteiger charge is 2.27. The summed E-state index contributed by atoms with van der Waals surface area (Å²) < 4.78 is 5.48. The highest BCUT2D eigenvalue weighted by Crippen LogP contribution is 2.11. The average Bonchev–Trinajstić information content (AvgIpc) is 2.28. The summed E-state index contributed by atoms with van der Waals surface area (Å²) in [4.78, 5) is 13.6. The third-order valence-electron chi connectivity index (χ3n) is 2.65. The summed E-state index contributed by atoms with van der Waals surface area (Å²) >= 11 is 0. The molecule has 0 saturated carbocycles. The van der Waals surface area contributed by atoms with Crippen molar-refractivity contribution in [3.63, 3.8) is 0 Å². The second-order valence-electron chi connectivity index (χ2n) is 4.15. The van der Waals surface area contributed by atoms with E-state index in [1.165, 1.54) is 0 Å². The summed E-state index contributed by atoms with van der Waals surface area (Å²) in [6, 6.07) is 0. The van der Waals surface area contributed by atoms with Crippen molar-refractivity contribution in [2.24, 2.45) is 0 Å². The molecule has 1 amide bonds. The minimum atomic E-state index is -0.230. The minimum absolute atomic E-state index is 0.00832. The number of ether oxygens (including phenoxy) is 1. The Bertz CT molecular complexity index is 223. The highest BCUT2D eigenvalue weighted by molar-refractivity contribution is 5.76. The zero-order valence-electron chi connectivity index (χ0n) is 10.1. The second-order valence-corrected chi connectivity index (χ2v) is 4.15. The number of rotatable bonds is 5. The lowest BCUT2D eigenvalue weighted by molar-refractivity contribution is -0.147. The Morgan fingerprint density at radius 2 is 2.31 bits per heavy atom. The van der Waals surface area contributed by atoms with Crippen LogP contribution in [0, 0.1) is 0 Å². The summed E-state index contributed by atoms with van der Waals surface area (Å²) in [5, 5.41) is 12.2. The molecule has 5 heteroatoms. The molecule has 1 aliphatic heterocycles. The quantitative estimate of drug-likeness (QED) is 0.631. The van der Waals surface area contributed by atoms with Crippen molar-refractivity contribution in [3.8, 4) is 0 Å². The van der Waals surface area contributed by atoms with Crippen molar-refractivity contribution in [1.82, 2.24) is 10.2 Å². The van der Waals surface area contributed by atoms with E-state index >= 15 is 0 Å². The van der Waals surface area contributed by atoms with Gasteiger partial charge in [0.25, 0.3) is 0 Å². The summed E-state index contributed by atoms with van der Waals surface area (Å²) in [6.07, 6.45) is 0.291. The summed E-state index contributed by atoms with van der Waals surface area (Å²) in [5.41, 5.74) is 0. The first-order valence-corrected chi connectivity index (χ1v) is 5.92. The number of hydrogen-bond donors (Lipinski definition) is 2. The molecule has 1 aliphatic rings. The van der Waals surface area contributed by atoms with Crippen LogP contribution < -0.4 is 5.32 Å². The molecule has 0 aromatic heterocycles. The molecule has 5 nitrogen and oxygen atoms in total. The van der Waals surface area contributed by atoms with Gasteiger partial charge in [-0.05, 0) is 13.5 Å². The first-order chi connectivity index (χ1) is 7.67. The van der Waals surface area contributed by atoms with Crippen molar-refractivity contribution in [1.29, 1.82) is 0 Å². The van der Waals surface area contributed by atoms with Crippen molar-refractivity contribution < 1.29 is 14.6 Å². The smallest absolute Gasteiger partial charge is 0.224 e. The van der Waals surface area contributed by atoms with Gasteiger partial charge in [-0.15, -0.1) is 0 Å². The van der Waals surface area contributed by atoms with Gasteiger partial charge in [0, 0.05) is 26.1 Å². The van der Waals surface area contributed by atoms with Gasteiger partial charge < -0.3 is 20.1 Å². The lowest BCUT2D eigenvalue weighted by Gasteiger charge is -2.36. The van der Waals surface area contributed by atoms with Crippen molar-refractivity contribution in [3.05, 3.63) is 0 Å². The molecule has 2 atom stereocenters. The lowest BCUT2D eigenvalue weighted by Crippen LogP contribution is -2.50. The monoisotopic (exact) mass is 230 g/mol. The van der Waals surface area contributed by atoms with E-state index in [0.29, 0.717) is 26.1 Å². The molecule has 0 aromatic rings. The molecule has 2 N–H and O–H groups in total. The summed E-state index contributed by atoms with van der Waals surface area (Å²) in [5.74, 6) is 0.134. The molecule has 0 radical (unpaired) electrons. The number of nitrogens with one attached hydrogen (secondary N) is 1. The van der Waals surface area contributed by atoms with Gasteiger partial charge in [-0.3, -0.25) is 4.79 Å². The fourth-order valence-electron chi connectivity index (χ4n) is 1.88. The Balaban J connectivity index is 2.36. The Morgan fingerprint density at radius 1 is 1.56 bits per heavy atom. The Hall–Kier alpha value is -0.650. The van der Waals surface area contributed by atoms with E-state index in [2.05, 4.69) is 5.32 Å². The Labute approximate surface area is 96.8 Å². The summed E-state index contributed by atoms with van der Waals surface area (Å²) in [6.45, 7) is 6.64. The van der Waals surface area contributed by atoms with Gasteiger partial charge in [0.05, 0.1) is 18.8 Å². The van der Waals surface area contributed by atoms with Crippen LogP contribution >= 0.6 is 0 Å². The normalized spacial score (nSPS) is 25.8. The van der Waals surface area contributed by atoms with Crippen molar-refractivity contribution in [2.45, 2.75) is 32.5 Å². The minimum Gasteiger partial charge on any atom is -0.394 e. The lowest BCUT2D eigenvalue weighted by atomic mass is 10.2. The zero-order valence-corrected chi connectivity index (χ0v) is 10.1. The topological polar surface area (TPSA) is 61.8 Å². The maximum absolute atomic E-state index is 11.8. The van der Waals surface area contributed by atoms with E-state index in [9.17, 15) is 4.79 Å². The van der Waals surface area contributed by atoms with E-state index < -0.39 is 0 Å². The number of nitrogens with zero attached hydrogens (tertiary/aromatic N) is 1. The molecule has 1 heterocycles. The van der Waals surface area contributed by atoms with Crippen LogP contribution in [-0.4, -0.2) is 60.9 Å². The molecule has 16 heavy (non-hydrogen) atoms. The molecule has 0 spiro atoms. The van der Waals surface area contributed by atoms with E-state index in [4.69, 9.17) is 9.84 Å². The largest absolute Gasteiger partial charge is 0.394 e. The van der Waals surface area contributed by atoms with Gasteiger partial charge in [-0.1, -0.05) is 6.92 Å². The van der Waals surface area contributed by atoms with Crippen LogP contribution in [0.2, 0.25) is 0 Å². The zero-order chi connectivity index (χ0) is 12.0. The maximum Gasteiger partial charge on any atom is 0.224 e. The predicted octanol–water partition coefficient (Wildman–Crippen LogP) is -0.406. The van der Waals surface area contributed by atoms with Crippen molar-refractivity contribution in [2.75, 3.05) is 32.8 Å². The fourth-order valence-corrected chi connectivity index (χ4v) is 1.88. The second kappa shape index (κ2) is 6.83. The van der Waals surface area contributed by atoms with Gasteiger partial charge >= 0.3 is 0 Å². The first-order valence-electron chi connectivity index (χ1n) is 5.92. The Morgan fingerprint density at radius 3 is 2.94 bits per heavy atom. The first kappa shape index (κ1) is 13.4. The van der Waals surface area contributed by atoms with Crippen LogP contribution in [0.5, 0.6) is 0 Å². The molecule has 1 saturated heterocycles. The van der Waals surface area contributed by atoms with E-state index in [-0.39, 0.29) is 24.7 Å². The molecule has 1 rings (SSSR count). The SMILES string of the molecule is CCNCCC(=O)N1CC(C)OC(CO)C1. The van der Waals surface area contributed by atoms with Crippen LogP contribution in [-0.2, 0) is 9.53 Å². The van der Waals surface area contributed by atoms with Crippen LogP contribution in [0.25, 0.3) is 0 Å². The molecule has 0 bridgehead atoms. The van der Waals surface area contributed by atoms with Gasteiger partial charge in [0.1, 0.15) is 0 Å². The number of aliphatic hydroxyl groups excluding tert-OH is 1. The Kier molecular flexibility index (Phi) is 5.73. The number of carbonyl (C=O) groups is 1. The van der Waals surface area contributed by atoms with Crippen LogP contribution in [0.15, 0.2) is 0 Å². The van der Waals surface area contributed by atoms with E-state index in [1.807, 2.05) is 13.8 Å². The van der Waals surface area contributed by atoms with Crippen LogP contribution in [0.3, 0.4) is 0 Å². The molecule has 1 fully saturated rings. The number of amides is 1. The molecule has 2 unspecified atom stereocenters. The highest BCUT2D eigenvalue weighted by atomic mass is 16.5. The van der Waals surface area contributed by atoms with E-state index in [0.717, 1.165) is 6.54 Å². The van der Waals surface area contributed by atoms with E-state index in [1.54, 1.807) is 4.90 Å². The number of carbonyl (C=O) groups excluding carboxylic acids is 1. The van der Waals surface area contributed by atoms with Gasteiger partial charge in [-0.2, -0.15) is 0 Å². The van der Waals surface area contributed by atoms with Crippen LogP contribution in [0.4, 0.5) is 0 Å².